The number of hydrogen-bond donors (Lipinski definition) is 2. The van der Waals surface area contributed by atoms with Crippen LogP contribution in [0.5, 0.6) is 0 Å². The van der Waals surface area contributed by atoms with Crippen molar-refractivity contribution in [2.24, 2.45) is 0 Å². The summed E-state index contributed by atoms with van der Waals surface area (Å²) in [4.78, 5) is 29.2. The van der Waals surface area contributed by atoms with E-state index in [4.69, 9.17) is 4.74 Å². The maximum Gasteiger partial charge on any atom is 0.414 e. The first-order chi connectivity index (χ1) is 12.5. The first kappa shape index (κ1) is 16.2. The van der Waals surface area contributed by atoms with E-state index in [9.17, 15) is 9.59 Å². The summed E-state index contributed by atoms with van der Waals surface area (Å²) in [5.74, 6) is -0.189. The van der Waals surface area contributed by atoms with Gasteiger partial charge in [-0.1, -0.05) is 6.07 Å². The molecule has 0 bridgehead atoms. The Bertz CT molecular complexity index is 1020. The molecule has 2 N–H and O–H groups in total. The van der Waals surface area contributed by atoms with E-state index < -0.39 is 0 Å². The molecule has 1 aliphatic heterocycles. The molecular formula is C20H19N3O3. The quantitative estimate of drug-likeness (QED) is 0.751. The lowest BCUT2D eigenvalue weighted by molar-refractivity contribution is 0.102. The van der Waals surface area contributed by atoms with Crippen LogP contribution in [0.3, 0.4) is 0 Å². The number of benzene rings is 2. The standard InChI is InChI=1S/C20H19N3O3/c1-12-13(2)21-18-7-6-14(10-17(12)18)19(24)22-15-4-3-5-16(11-15)23-8-9-26-20(23)25/h3-7,10-11,21H,8-9H2,1-2H3,(H,22,24). The lowest BCUT2D eigenvalue weighted by Gasteiger charge is -2.14. The number of aromatic amines is 1. The number of anilines is 2. The molecule has 2 amide bonds. The third-order valence-corrected chi connectivity index (χ3v) is 4.75. The third-order valence-electron chi connectivity index (χ3n) is 4.75. The summed E-state index contributed by atoms with van der Waals surface area (Å²) in [5.41, 5.74) is 5.19. The third kappa shape index (κ3) is 2.79. The highest BCUT2D eigenvalue weighted by Crippen LogP contribution is 2.25. The molecule has 3 aromatic rings. The topological polar surface area (TPSA) is 74.4 Å². The summed E-state index contributed by atoms with van der Waals surface area (Å²) in [5, 5.41) is 3.95. The van der Waals surface area contributed by atoms with Gasteiger partial charge in [-0.25, -0.2) is 4.79 Å². The highest BCUT2D eigenvalue weighted by molar-refractivity contribution is 6.07. The molecule has 26 heavy (non-hydrogen) atoms. The number of cyclic esters (lactones) is 1. The number of ether oxygens (including phenoxy) is 1. The number of nitrogens with one attached hydrogen (secondary N) is 2. The number of aromatic nitrogens is 1. The Morgan fingerprint density at radius 1 is 1.19 bits per heavy atom. The van der Waals surface area contributed by atoms with Gasteiger partial charge in [-0.3, -0.25) is 9.69 Å². The van der Waals surface area contributed by atoms with Gasteiger partial charge in [0.15, 0.2) is 0 Å². The second kappa shape index (κ2) is 6.22. The number of aryl methyl sites for hydroxylation is 2. The van der Waals surface area contributed by atoms with Gasteiger partial charge in [0.1, 0.15) is 6.61 Å². The maximum atomic E-state index is 12.6. The summed E-state index contributed by atoms with van der Waals surface area (Å²) in [7, 11) is 0. The van der Waals surface area contributed by atoms with Crippen molar-refractivity contribution < 1.29 is 14.3 Å². The fraction of sp³-hybridized carbons (Fsp3) is 0.200. The molecule has 1 saturated heterocycles. The Morgan fingerprint density at radius 2 is 2.04 bits per heavy atom. The number of rotatable bonds is 3. The van der Waals surface area contributed by atoms with Crippen LogP contribution >= 0.6 is 0 Å². The first-order valence-electron chi connectivity index (χ1n) is 8.47. The predicted molar refractivity (Wildman–Crippen MR) is 101 cm³/mol. The van der Waals surface area contributed by atoms with Gasteiger partial charge in [0.2, 0.25) is 0 Å². The second-order valence-electron chi connectivity index (χ2n) is 6.41. The largest absolute Gasteiger partial charge is 0.447 e. The molecule has 1 aliphatic rings. The molecule has 0 unspecified atom stereocenters. The Labute approximate surface area is 150 Å². The van der Waals surface area contributed by atoms with E-state index in [2.05, 4.69) is 10.3 Å². The van der Waals surface area contributed by atoms with Crippen molar-refractivity contribution in [3.63, 3.8) is 0 Å². The molecule has 0 atom stereocenters. The van der Waals surface area contributed by atoms with Crippen molar-refractivity contribution in [1.29, 1.82) is 0 Å². The van der Waals surface area contributed by atoms with E-state index in [0.717, 1.165) is 22.2 Å². The number of carbonyl (C=O) groups is 2. The van der Waals surface area contributed by atoms with Crippen LogP contribution in [0.2, 0.25) is 0 Å². The SMILES string of the molecule is Cc1[nH]c2ccc(C(=O)Nc3cccc(N4CCOC4=O)c3)cc2c1C. The molecule has 0 aliphatic carbocycles. The fourth-order valence-electron chi connectivity index (χ4n) is 3.19. The molecule has 6 nitrogen and oxygen atoms in total. The summed E-state index contributed by atoms with van der Waals surface area (Å²) < 4.78 is 4.96. The van der Waals surface area contributed by atoms with Crippen LogP contribution in [0.25, 0.3) is 10.9 Å². The van der Waals surface area contributed by atoms with Gasteiger partial charge < -0.3 is 15.0 Å². The lowest BCUT2D eigenvalue weighted by atomic mass is 10.1. The van der Waals surface area contributed by atoms with Crippen molar-refractivity contribution >= 4 is 34.3 Å². The highest BCUT2D eigenvalue weighted by Gasteiger charge is 2.23. The predicted octanol–water partition coefficient (Wildman–Crippen LogP) is 3.99. The maximum absolute atomic E-state index is 12.6. The van der Waals surface area contributed by atoms with Crippen molar-refractivity contribution in [3.8, 4) is 0 Å². The van der Waals surface area contributed by atoms with Crippen LogP contribution in [-0.4, -0.2) is 30.1 Å². The van der Waals surface area contributed by atoms with Crippen molar-refractivity contribution in [1.82, 2.24) is 4.98 Å². The number of fused-ring (bicyclic) bond motifs is 1. The average molecular weight is 349 g/mol. The summed E-state index contributed by atoms with van der Waals surface area (Å²) in [6.45, 7) is 4.95. The Hall–Kier alpha value is -3.28. The molecular weight excluding hydrogens is 330 g/mol. The lowest BCUT2D eigenvalue weighted by Crippen LogP contribution is -2.23. The summed E-state index contributed by atoms with van der Waals surface area (Å²) >= 11 is 0. The van der Waals surface area contributed by atoms with Crippen LogP contribution < -0.4 is 10.2 Å². The fourth-order valence-corrected chi connectivity index (χ4v) is 3.19. The van der Waals surface area contributed by atoms with Gasteiger partial charge >= 0.3 is 6.09 Å². The Morgan fingerprint density at radius 3 is 2.81 bits per heavy atom. The van der Waals surface area contributed by atoms with Gasteiger partial charge in [0.25, 0.3) is 5.91 Å². The zero-order chi connectivity index (χ0) is 18.3. The minimum Gasteiger partial charge on any atom is -0.447 e. The molecule has 1 fully saturated rings. The van der Waals surface area contributed by atoms with Gasteiger partial charge in [-0.2, -0.15) is 0 Å². The van der Waals surface area contributed by atoms with Gasteiger partial charge in [0.05, 0.1) is 6.54 Å². The molecule has 0 saturated carbocycles. The average Bonchev–Trinajstić information content (AvgIpc) is 3.18. The molecule has 2 heterocycles. The molecule has 0 radical (unpaired) electrons. The molecule has 4 rings (SSSR count). The smallest absolute Gasteiger partial charge is 0.414 e. The number of H-pyrrole nitrogens is 1. The van der Waals surface area contributed by atoms with E-state index >= 15 is 0 Å². The van der Waals surface area contributed by atoms with Gasteiger partial charge in [-0.15, -0.1) is 0 Å². The molecule has 2 aromatic carbocycles. The first-order valence-corrected chi connectivity index (χ1v) is 8.47. The molecule has 132 valence electrons. The number of amides is 2. The van der Waals surface area contributed by atoms with E-state index in [0.29, 0.717) is 30.1 Å². The highest BCUT2D eigenvalue weighted by atomic mass is 16.6. The minimum atomic E-state index is -0.364. The molecule has 1 aromatic heterocycles. The van der Waals surface area contributed by atoms with Crippen LogP contribution in [0, 0.1) is 13.8 Å². The number of hydrogen-bond acceptors (Lipinski definition) is 3. The van der Waals surface area contributed by atoms with Crippen LogP contribution in [-0.2, 0) is 4.74 Å². The van der Waals surface area contributed by atoms with Crippen molar-refractivity contribution in [2.45, 2.75) is 13.8 Å². The van der Waals surface area contributed by atoms with E-state index in [1.807, 2.05) is 32.0 Å². The Balaban J connectivity index is 1.58. The number of nitrogens with zero attached hydrogens (tertiary/aromatic N) is 1. The number of carbonyl (C=O) groups excluding carboxylic acids is 2. The van der Waals surface area contributed by atoms with Gasteiger partial charge in [0, 0.05) is 33.5 Å². The van der Waals surface area contributed by atoms with Gasteiger partial charge in [-0.05, 0) is 55.8 Å². The second-order valence-corrected chi connectivity index (χ2v) is 6.41. The Kier molecular flexibility index (Phi) is 3.88. The van der Waals surface area contributed by atoms with Crippen molar-refractivity contribution in [2.75, 3.05) is 23.4 Å². The normalized spacial score (nSPS) is 13.9. The van der Waals surface area contributed by atoms with Crippen LogP contribution in [0.15, 0.2) is 42.5 Å². The minimum absolute atomic E-state index is 0.189. The van der Waals surface area contributed by atoms with Crippen molar-refractivity contribution in [3.05, 3.63) is 59.3 Å². The summed E-state index contributed by atoms with van der Waals surface area (Å²) in [6.07, 6.45) is -0.364. The van der Waals surface area contributed by atoms with Crippen LogP contribution in [0.4, 0.5) is 16.2 Å². The van der Waals surface area contributed by atoms with Crippen LogP contribution in [0.1, 0.15) is 21.6 Å². The van der Waals surface area contributed by atoms with E-state index in [-0.39, 0.29) is 12.0 Å². The molecule has 6 heteroatoms. The van der Waals surface area contributed by atoms with E-state index in [1.165, 1.54) is 0 Å². The summed E-state index contributed by atoms with van der Waals surface area (Å²) in [6, 6.07) is 12.8. The zero-order valence-corrected chi connectivity index (χ0v) is 14.6. The van der Waals surface area contributed by atoms with E-state index in [1.54, 1.807) is 29.2 Å². The molecule has 0 spiro atoms. The zero-order valence-electron chi connectivity index (χ0n) is 14.6. The monoisotopic (exact) mass is 349 g/mol.